The van der Waals surface area contributed by atoms with Gasteiger partial charge in [0.15, 0.2) is 10.8 Å². The summed E-state index contributed by atoms with van der Waals surface area (Å²) in [6.45, 7) is 3.72. The average Bonchev–Trinajstić information content (AvgIpc) is 3.26. The molecule has 3 N–H and O–H groups in total. The number of carbonyl (C=O) groups excluding carboxylic acids is 1. The number of pyridine rings is 1. The summed E-state index contributed by atoms with van der Waals surface area (Å²) in [4.78, 5) is 31.7. The van der Waals surface area contributed by atoms with Gasteiger partial charge in [0.2, 0.25) is 0 Å². The zero-order valence-electron chi connectivity index (χ0n) is 20.1. The van der Waals surface area contributed by atoms with Crippen molar-refractivity contribution in [2.24, 2.45) is 5.92 Å². The minimum Gasteiger partial charge on any atom is -0.480 e. The van der Waals surface area contributed by atoms with Gasteiger partial charge in [0.25, 0.3) is 5.91 Å². The molecule has 0 radical (unpaired) electrons. The quantitative estimate of drug-likeness (QED) is 0.218. The van der Waals surface area contributed by atoms with Gasteiger partial charge in [0.05, 0.1) is 16.0 Å². The van der Waals surface area contributed by atoms with Crippen molar-refractivity contribution in [1.82, 2.24) is 15.3 Å². The molecular weight excluding hydrogens is 524 g/mol. The van der Waals surface area contributed by atoms with E-state index in [1.807, 2.05) is 13.8 Å². The molecule has 0 aliphatic rings. The van der Waals surface area contributed by atoms with Gasteiger partial charge in [-0.1, -0.05) is 43.4 Å². The van der Waals surface area contributed by atoms with Crippen molar-refractivity contribution < 1.29 is 32.3 Å². The molecule has 0 fully saturated rings. The Morgan fingerprint density at radius 1 is 1.05 bits per heavy atom. The Morgan fingerprint density at radius 3 is 2.34 bits per heavy atom. The first-order valence-corrected chi connectivity index (χ1v) is 12.3. The number of aromatic nitrogens is 2. The molecule has 0 spiro atoms. The first kappa shape index (κ1) is 27.0. The van der Waals surface area contributed by atoms with Crippen LogP contribution in [0.5, 0.6) is 0 Å². The molecule has 0 aliphatic heterocycles. The SMILES string of the molecule is CC(C)C[C@H](NC(=O)c1ccc(-c2ccc(Nc3nc4ncc(C(F)(F)F)cc4s3)c(F)c2)cc1)C(=O)O. The van der Waals surface area contributed by atoms with E-state index in [1.165, 1.54) is 24.3 Å². The lowest BCUT2D eigenvalue weighted by Gasteiger charge is -2.16. The molecule has 198 valence electrons. The van der Waals surface area contributed by atoms with Crippen LogP contribution in [0.1, 0.15) is 36.2 Å². The van der Waals surface area contributed by atoms with E-state index in [-0.39, 0.29) is 32.6 Å². The Bertz CT molecular complexity index is 1490. The molecule has 7 nitrogen and oxygen atoms in total. The van der Waals surface area contributed by atoms with E-state index in [4.69, 9.17) is 0 Å². The normalized spacial score (nSPS) is 12.5. The van der Waals surface area contributed by atoms with Crippen molar-refractivity contribution >= 4 is 44.4 Å². The lowest BCUT2D eigenvalue weighted by atomic mass is 10.0. The number of fused-ring (bicyclic) bond motifs is 1. The molecule has 0 aliphatic carbocycles. The van der Waals surface area contributed by atoms with Crippen molar-refractivity contribution in [2.45, 2.75) is 32.5 Å². The van der Waals surface area contributed by atoms with Gasteiger partial charge in [-0.3, -0.25) is 4.79 Å². The maximum absolute atomic E-state index is 14.9. The Hall–Kier alpha value is -4.06. The van der Waals surface area contributed by atoms with Crippen LogP contribution in [0.15, 0.2) is 54.7 Å². The lowest BCUT2D eigenvalue weighted by molar-refractivity contribution is -0.140. The number of benzene rings is 2. The number of thiazole rings is 1. The third kappa shape index (κ3) is 6.25. The van der Waals surface area contributed by atoms with Crippen LogP contribution < -0.4 is 10.6 Å². The zero-order valence-corrected chi connectivity index (χ0v) is 21.0. The van der Waals surface area contributed by atoms with Crippen LogP contribution in [-0.4, -0.2) is 33.0 Å². The van der Waals surface area contributed by atoms with Crippen molar-refractivity contribution in [3.05, 3.63) is 71.7 Å². The summed E-state index contributed by atoms with van der Waals surface area (Å²) < 4.78 is 53.8. The fraction of sp³-hybridized carbons (Fsp3) is 0.231. The fourth-order valence-corrected chi connectivity index (χ4v) is 4.56. The van der Waals surface area contributed by atoms with Gasteiger partial charge in [-0.2, -0.15) is 18.2 Å². The highest BCUT2D eigenvalue weighted by molar-refractivity contribution is 7.22. The number of carboxylic acid groups (broad SMARTS) is 1. The molecule has 0 saturated carbocycles. The molecule has 2 heterocycles. The van der Waals surface area contributed by atoms with Crippen LogP contribution in [0, 0.1) is 11.7 Å². The highest BCUT2D eigenvalue weighted by Gasteiger charge is 2.31. The van der Waals surface area contributed by atoms with Gasteiger partial charge in [-0.15, -0.1) is 0 Å². The molecule has 0 bridgehead atoms. The minimum absolute atomic E-state index is 0.0738. The van der Waals surface area contributed by atoms with Crippen LogP contribution in [0.2, 0.25) is 0 Å². The largest absolute Gasteiger partial charge is 0.480 e. The van der Waals surface area contributed by atoms with Crippen LogP contribution in [0.3, 0.4) is 0 Å². The van der Waals surface area contributed by atoms with Crippen LogP contribution >= 0.6 is 11.3 Å². The molecule has 0 unspecified atom stereocenters. The van der Waals surface area contributed by atoms with Crippen LogP contribution in [-0.2, 0) is 11.0 Å². The van der Waals surface area contributed by atoms with Crippen molar-refractivity contribution in [3.8, 4) is 11.1 Å². The third-order valence-electron chi connectivity index (χ3n) is 5.58. The third-order valence-corrected chi connectivity index (χ3v) is 6.48. The van der Waals surface area contributed by atoms with Crippen LogP contribution in [0.4, 0.5) is 28.4 Å². The van der Waals surface area contributed by atoms with Gasteiger partial charge >= 0.3 is 12.1 Å². The number of amides is 1. The number of carboxylic acids is 1. The molecule has 0 saturated heterocycles. The number of halogens is 4. The molecule has 1 atom stereocenters. The Morgan fingerprint density at radius 2 is 1.74 bits per heavy atom. The van der Waals surface area contributed by atoms with Crippen molar-refractivity contribution in [3.63, 3.8) is 0 Å². The Labute approximate surface area is 218 Å². The Kier molecular flexibility index (Phi) is 7.63. The van der Waals surface area contributed by atoms with Gasteiger partial charge in [0.1, 0.15) is 11.9 Å². The second-order valence-corrected chi connectivity index (χ2v) is 9.98. The second-order valence-electron chi connectivity index (χ2n) is 8.95. The number of rotatable bonds is 8. The summed E-state index contributed by atoms with van der Waals surface area (Å²) in [5.41, 5.74) is 0.698. The second kappa shape index (κ2) is 10.7. The summed E-state index contributed by atoms with van der Waals surface area (Å²) >= 11 is 0.919. The number of carbonyl (C=O) groups is 2. The van der Waals surface area contributed by atoms with Gasteiger partial charge in [-0.25, -0.2) is 14.2 Å². The summed E-state index contributed by atoms with van der Waals surface area (Å²) in [6.07, 6.45) is -3.54. The predicted octanol–water partition coefficient (Wildman–Crippen LogP) is 6.49. The number of nitrogens with one attached hydrogen (secondary N) is 2. The maximum Gasteiger partial charge on any atom is 0.417 e. The van der Waals surface area contributed by atoms with Gasteiger partial charge < -0.3 is 15.7 Å². The molecule has 12 heteroatoms. The minimum atomic E-state index is -4.53. The first-order chi connectivity index (χ1) is 17.9. The monoisotopic (exact) mass is 546 g/mol. The number of alkyl halides is 3. The molecule has 2 aromatic carbocycles. The molecule has 2 aromatic heterocycles. The molecule has 4 rings (SSSR count). The Balaban J connectivity index is 1.47. The van der Waals surface area contributed by atoms with E-state index in [9.17, 15) is 32.3 Å². The first-order valence-electron chi connectivity index (χ1n) is 11.4. The lowest BCUT2D eigenvalue weighted by Crippen LogP contribution is -2.41. The van der Waals surface area contributed by atoms with Crippen molar-refractivity contribution in [1.29, 1.82) is 0 Å². The van der Waals surface area contributed by atoms with E-state index >= 15 is 0 Å². The zero-order chi connectivity index (χ0) is 27.6. The number of nitrogens with zero attached hydrogens (tertiary/aromatic N) is 2. The fourth-order valence-electron chi connectivity index (χ4n) is 3.69. The molecule has 1 amide bonds. The number of anilines is 2. The summed E-state index contributed by atoms with van der Waals surface area (Å²) in [6, 6.07) is 10.6. The maximum atomic E-state index is 14.9. The molecule has 38 heavy (non-hydrogen) atoms. The predicted molar refractivity (Wildman–Crippen MR) is 136 cm³/mol. The molecule has 4 aromatic rings. The highest BCUT2D eigenvalue weighted by atomic mass is 32.1. The van der Waals surface area contributed by atoms with E-state index in [0.29, 0.717) is 23.7 Å². The topological polar surface area (TPSA) is 104 Å². The van der Waals surface area contributed by atoms with Crippen LogP contribution in [0.25, 0.3) is 21.5 Å². The summed E-state index contributed by atoms with van der Waals surface area (Å²) in [5, 5.41) is 14.8. The molecular formula is C26H22F4N4O3S. The van der Waals surface area contributed by atoms with E-state index in [0.717, 1.165) is 17.4 Å². The number of aliphatic carboxylic acids is 1. The van der Waals surface area contributed by atoms with E-state index < -0.39 is 35.5 Å². The highest BCUT2D eigenvalue weighted by Crippen LogP contribution is 2.34. The summed E-state index contributed by atoms with van der Waals surface area (Å²) in [5.74, 6) is -2.17. The number of hydrogen-bond donors (Lipinski definition) is 3. The van der Waals surface area contributed by atoms with E-state index in [1.54, 1.807) is 18.2 Å². The standard InChI is InChI=1S/C26H22F4N4O3S/c1-13(2)9-20(24(36)37)32-23(35)15-5-3-14(4-6-15)16-7-8-19(18(27)10-16)33-25-34-22-21(38-25)11-17(12-31-22)26(28,29)30/h3-8,10-13,20H,9H2,1-2H3,(H,32,35)(H,36,37)(H,31,33,34)/t20-/m0/s1. The average molecular weight is 547 g/mol. The van der Waals surface area contributed by atoms with Gasteiger partial charge in [0, 0.05) is 11.8 Å². The van der Waals surface area contributed by atoms with Gasteiger partial charge in [-0.05, 0) is 53.8 Å². The summed E-state index contributed by atoms with van der Waals surface area (Å²) in [7, 11) is 0. The van der Waals surface area contributed by atoms with Crippen molar-refractivity contribution in [2.75, 3.05) is 5.32 Å². The van der Waals surface area contributed by atoms with E-state index in [2.05, 4.69) is 20.6 Å². The smallest absolute Gasteiger partial charge is 0.417 e. The number of hydrogen-bond acceptors (Lipinski definition) is 6.